The van der Waals surface area contributed by atoms with Gasteiger partial charge in [-0.2, -0.15) is 0 Å². The minimum Gasteiger partial charge on any atom is -0.481 e. The first-order valence-corrected chi connectivity index (χ1v) is 7.28. The normalized spacial score (nSPS) is 12.3. The number of benzene rings is 1. The SMILES string of the molecule is O=C(O)C(Cc1ccc(Br)s1)c1ccccc1Cl. The maximum absolute atomic E-state index is 11.4. The van der Waals surface area contributed by atoms with Crippen molar-refractivity contribution in [1.82, 2.24) is 0 Å². The average Bonchev–Trinajstić information content (AvgIpc) is 2.73. The first-order valence-electron chi connectivity index (χ1n) is 5.29. The molecule has 18 heavy (non-hydrogen) atoms. The summed E-state index contributed by atoms with van der Waals surface area (Å²) in [6.07, 6.45) is 0.454. The van der Waals surface area contributed by atoms with Crippen molar-refractivity contribution in [1.29, 1.82) is 0 Å². The lowest BCUT2D eigenvalue weighted by atomic mass is 9.95. The second-order valence-corrected chi connectivity index (χ2v) is 6.78. The van der Waals surface area contributed by atoms with Crippen molar-refractivity contribution in [2.45, 2.75) is 12.3 Å². The molecule has 1 N–H and O–H groups in total. The monoisotopic (exact) mass is 344 g/mol. The van der Waals surface area contributed by atoms with E-state index in [9.17, 15) is 9.90 Å². The number of aliphatic carboxylic acids is 1. The zero-order valence-corrected chi connectivity index (χ0v) is 12.4. The van der Waals surface area contributed by atoms with Crippen LogP contribution in [0.5, 0.6) is 0 Å². The Labute approximate surface area is 122 Å². The van der Waals surface area contributed by atoms with Gasteiger partial charge in [-0.05, 0) is 46.1 Å². The largest absolute Gasteiger partial charge is 0.481 e. The van der Waals surface area contributed by atoms with Gasteiger partial charge in [-0.3, -0.25) is 4.79 Å². The molecule has 2 nitrogen and oxygen atoms in total. The Morgan fingerprint density at radius 1 is 1.33 bits per heavy atom. The molecule has 0 aliphatic carbocycles. The maximum Gasteiger partial charge on any atom is 0.311 e. The van der Waals surface area contributed by atoms with Crippen molar-refractivity contribution in [3.8, 4) is 0 Å². The molecule has 0 radical (unpaired) electrons. The van der Waals surface area contributed by atoms with Crippen molar-refractivity contribution in [3.05, 3.63) is 55.6 Å². The van der Waals surface area contributed by atoms with E-state index in [1.165, 1.54) is 0 Å². The van der Waals surface area contributed by atoms with Gasteiger partial charge in [0.05, 0.1) is 9.70 Å². The van der Waals surface area contributed by atoms with Crippen LogP contribution in [0.2, 0.25) is 5.02 Å². The highest BCUT2D eigenvalue weighted by Crippen LogP contribution is 2.31. The molecule has 2 aromatic rings. The highest BCUT2D eigenvalue weighted by molar-refractivity contribution is 9.11. The molecule has 0 saturated heterocycles. The number of carboxylic acids is 1. The third kappa shape index (κ3) is 3.13. The Kier molecular flexibility index (Phi) is 4.43. The maximum atomic E-state index is 11.4. The molecule has 1 aromatic carbocycles. The van der Waals surface area contributed by atoms with Crippen molar-refractivity contribution in [2.75, 3.05) is 0 Å². The molecule has 0 aliphatic heterocycles. The third-order valence-electron chi connectivity index (χ3n) is 2.61. The van der Waals surface area contributed by atoms with Gasteiger partial charge in [0.2, 0.25) is 0 Å². The lowest BCUT2D eigenvalue weighted by molar-refractivity contribution is -0.138. The summed E-state index contributed by atoms with van der Waals surface area (Å²) in [6.45, 7) is 0. The fourth-order valence-electron chi connectivity index (χ4n) is 1.75. The first kappa shape index (κ1) is 13.6. The molecule has 0 amide bonds. The Hall–Kier alpha value is -0.840. The van der Waals surface area contributed by atoms with E-state index in [-0.39, 0.29) is 0 Å². The Balaban J connectivity index is 2.30. The van der Waals surface area contributed by atoms with Crippen molar-refractivity contribution in [3.63, 3.8) is 0 Å². The zero-order valence-electron chi connectivity index (χ0n) is 9.27. The minimum atomic E-state index is -0.854. The van der Waals surface area contributed by atoms with E-state index in [0.29, 0.717) is 17.0 Å². The molecule has 1 aromatic heterocycles. The number of halogens is 2. The zero-order chi connectivity index (χ0) is 13.1. The predicted octanol–water partition coefficient (Wildman–Crippen LogP) is 4.57. The molecular formula is C13H10BrClO2S. The van der Waals surface area contributed by atoms with E-state index in [2.05, 4.69) is 15.9 Å². The fraction of sp³-hybridized carbons (Fsp3) is 0.154. The summed E-state index contributed by atoms with van der Waals surface area (Å²) in [5.74, 6) is -1.46. The number of hydrogen-bond acceptors (Lipinski definition) is 2. The van der Waals surface area contributed by atoms with Crippen LogP contribution in [0.1, 0.15) is 16.4 Å². The lowest BCUT2D eigenvalue weighted by Crippen LogP contribution is -2.14. The van der Waals surface area contributed by atoms with Crippen LogP contribution in [-0.2, 0) is 11.2 Å². The van der Waals surface area contributed by atoms with Gasteiger partial charge in [0, 0.05) is 9.90 Å². The highest BCUT2D eigenvalue weighted by Gasteiger charge is 2.23. The molecule has 1 atom stereocenters. The van der Waals surface area contributed by atoms with E-state index < -0.39 is 11.9 Å². The number of hydrogen-bond donors (Lipinski definition) is 1. The van der Waals surface area contributed by atoms with Crippen LogP contribution in [0.15, 0.2) is 40.2 Å². The molecular weight excluding hydrogens is 336 g/mol. The summed E-state index contributed by atoms with van der Waals surface area (Å²) in [7, 11) is 0. The van der Waals surface area contributed by atoms with Crippen molar-refractivity contribution in [2.24, 2.45) is 0 Å². The first-order chi connectivity index (χ1) is 8.58. The summed E-state index contributed by atoms with van der Waals surface area (Å²) >= 11 is 11.0. The molecule has 1 unspecified atom stereocenters. The molecule has 2 rings (SSSR count). The summed E-state index contributed by atoms with van der Waals surface area (Å²) in [5.41, 5.74) is 0.663. The van der Waals surface area contributed by atoms with Crippen LogP contribution in [0, 0.1) is 0 Å². The van der Waals surface area contributed by atoms with Crippen LogP contribution in [0.4, 0.5) is 0 Å². The molecule has 5 heteroatoms. The van der Waals surface area contributed by atoms with Crippen molar-refractivity contribution >= 4 is 44.8 Å². The van der Waals surface area contributed by atoms with Gasteiger partial charge in [-0.25, -0.2) is 0 Å². The smallest absolute Gasteiger partial charge is 0.311 e. The number of thiophene rings is 1. The van der Waals surface area contributed by atoms with E-state index in [1.54, 1.807) is 29.5 Å². The van der Waals surface area contributed by atoms with Crippen LogP contribution in [0.25, 0.3) is 0 Å². The summed E-state index contributed by atoms with van der Waals surface area (Å²) in [6, 6.07) is 10.9. The van der Waals surface area contributed by atoms with E-state index in [0.717, 1.165) is 8.66 Å². The van der Waals surface area contributed by atoms with Gasteiger partial charge in [0.15, 0.2) is 0 Å². The molecule has 94 valence electrons. The topological polar surface area (TPSA) is 37.3 Å². The van der Waals surface area contributed by atoms with Crippen LogP contribution < -0.4 is 0 Å². The Morgan fingerprint density at radius 2 is 2.06 bits per heavy atom. The highest BCUT2D eigenvalue weighted by atomic mass is 79.9. The minimum absolute atomic E-state index is 0.454. The van der Waals surface area contributed by atoms with Crippen molar-refractivity contribution < 1.29 is 9.90 Å². The van der Waals surface area contributed by atoms with Gasteiger partial charge in [-0.15, -0.1) is 11.3 Å². The molecule has 1 heterocycles. The van der Waals surface area contributed by atoms with Gasteiger partial charge in [0.25, 0.3) is 0 Å². The predicted molar refractivity (Wildman–Crippen MR) is 77.6 cm³/mol. The fourth-order valence-corrected chi connectivity index (χ4v) is 3.55. The van der Waals surface area contributed by atoms with Gasteiger partial charge < -0.3 is 5.11 Å². The molecule has 0 spiro atoms. The van der Waals surface area contributed by atoms with Gasteiger partial charge >= 0.3 is 5.97 Å². The third-order valence-corrected chi connectivity index (χ3v) is 4.60. The number of rotatable bonds is 4. The molecule has 0 bridgehead atoms. The molecule has 0 saturated carbocycles. The van der Waals surface area contributed by atoms with E-state index >= 15 is 0 Å². The Morgan fingerprint density at radius 3 is 2.61 bits per heavy atom. The summed E-state index contributed by atoms with van der Waals surface area (Å²) < 4.78 is 1.00. The number of carboxylic acid groups (broad SMARTS) is 1. The van der Waals surface area contributed by atoms with Crippen LogP contribution in [0.3, 0.4) is 0 Å². The lowest BCUT2D eigenvalue weighted by Gasteiger charge is -2.13. The molecule has 0 fully saturated rings. The second kappa shape index (κ2) is 5.87. The average molecular weight is 346 g/mol. The summed E-state index contributed by atoms with van der Waals surface area (Å²) in [5, 5.41) is 9.85. The van der Waals surface area contributed by atoms with Gasteiger partial charge in [-0.1, -0.05) is 29.8 Å². The Bertz CT molecular complexity index is 568. The van der Waals surface area contributed by atoms with Crippen LogP contribution >= 0.6 is 38.9 Å². The second-order valence-electron chi connectivity index (χ2n) is 3.82. The van der Waals surface area contributed by atoms with E-state index in [1.807, 2.05) is 18.2 Å². The molecule has 0 aliphatic rings. The quantitative estimate of drug-likeness (QED) is 0.881. The summed E-state index contributed by atoms with van der Waals surface area (Å²) in [4.78, 5) is 12.4. The number of carbonyl (C=O) groups is 1. The van der Waals surface area contributed by atoms with Gasteiger partial charge in [0.1, 0.15) is 0 Å². The van der Waals surface area contributed by atoms with E-state index in [4.69, 9.17) is 11.6 Å². The van der Waals surface area contributed by atoms with Crippen LogP contribution in [-0.4, -0.2) is 11.1 Å². The standard InChI is InChI=1S/C13H10BrClO2S/c14-12-6-5-8(18-12)7-10(13(16)17)9-3-1-2-4-11(9)15/h1-6,10H,7H2,(H,16,17).